The predicted molar refractivity (Wildman–Crippen MR) is 111 cm³/mol. The minimum atomic E-state index is -4.12. The number of benzene rings is 2. The lowest BCUT2D eigenvalue weighted by molar-refractivity contribution is -0.119. The average molecular weight is 460 g/mol. The van der Waals surface area contributed by atoms with Gasteiger partial charge in [-0.25, -0.2) is 13.9 Å². The highest BCUT2D eigenvalue weighted by Crippen LogP contribution is 2.21. The number of sulfonamides is 1. The van der Waals surface area contributed by atoms with E-state index >= 15 is 0 Å². The quantitative estimate of drug-likeness (QED) is 0.376. The van der Waals surface area contributed by atoms with Gasteiger partial charge in [0.25, 0.3) is 15.9 Å². The number of carbonyl (C=O) groups is 1. The van der Waals surface area contributed by atoms with Crippen LogP contribution in [0.25, 0.3) is 0 Å². The van der Waals surface area contributed by atoms with Crippen molar-refractivity contribution in [2.75, 3.05) is 0 Å². The maximum atomic E-state index is 12.6. The molecule has 7 nitrogen and oxygen atoms in total. The molecule has 2 aromatic carbocycles. The van der Waals surface area contributed by atoms with Crippen LogP contribution in [-0.4, -0.2) is 26.5 Å². The van der Waals surface area contributed by atoms with Gasteiger partial charge in [0, 0.05) is 27.8 Å². The SMILES string of the molecule is BN(C(=O)/C(=C/NCc1ccc(Cl)cc1Cl)N=N)S(=O)(=O)c1ccc(Cl)cc1. The third kappa shape index (κ3) is 5.26. The molecule has 2 rings (SSSR count). The molecule has 0 aliphatic carbocycles. The van der Waals surface area contributed by atoms with E-state index in [1.54, 1.807) is 18.2 Å². The molecule has 0 spiro atoms. The van der Waals surface area contributed by atoms with Crippen molar-refractivity contribution in [3.8, 4) is 0 Å². The summed E-state index contributed by atoms with van der Waals surface area (Å²) in [7, 11) is -3.04. The van der Waals surface area contributed by atoms with Crippen LogP contribution in [0.15, 0.2) is 64.4 Å². The Kier molecular flexibility index (Phi) is 7.48. The summed E-state index contributed by atoms with van der Waals surface area (Å²) in [4.78, 5) is 12.4. The van der Waals surface area contributed by atoms with Gasteiger partial charge in [0.15, 0.2) is 5.70 Å². The van der Waals surface area contributed by atoms with Gasteiger partial charge >= 0.3 is 0 Å². The van der Waals surface area contributed by atoms with Gasteiger partial charge in [-0.1, -0.05) is 40.9 Å². The van der Waals surface area contributed by atoms with Gasteiger partial charge in [-0.3, -0.25) is 9.01 Å². The Morgan fingerprint density at radius 3 is 2.32 bits per heavy atom. The Morgan fingerprint density at radius 2 is 1.75 bits per heavy atom. The summed E-state index contributed by atoms with van der Waals surface area (Å²) in [5.41, 5.74) is 7.49. The highest BCUT2D eigenvalue weighted by molar-refractivity contribution is 7.90. The molecule has 0 aromatic heterocycles. The van der Waals surface area contributed by atoms with Crippen molar-refractivity contribution in [1.82, 2.24) is 9.53 Å². The molecule has 146 valence electrons. The molecule has 0 atom stereocenters. The normalized spacial score (nSPS) is 11.8. The minimum absolute atomic E-state index is 0.113. The van der Waals surface area contributed by atoms with E-state index in [2.05, 4.69) is 10.4 Å². The lowest BCUT2D eigenvalue weighted by atomic mass is 10.2. The molecular formula is C16H14BCl3N4O3S. The predicted octanol–water partition coefficient (Wildman–Crippen LogP) is 3.37. The van der Waals surface area contributed by atoms with Crippen LogP contribution in [0.1, 0.15) is 5.56 Å². The number of carbonyl (C=O) groups excluding carboxylic acids is 1. The molecule has 0 aliphatic rings. The standard InChI is InChI=1S/C16H14BCl3N4O3S/c17-24(28(26,27)13-5-3-11(18)4-6-13)16(25)15(23-21)9-22-8-10-1-2-12(19)7-14(10)20/h1-7,9,21-22H,8,17H2/b15-9-,23-21?. The van der Waals surface area contributed by atoms with Crippen LogP contribution in [0.5, 0.6) is 0 Å². The first-order valence-electron chi connectivity index (χ1n) is 7.70. The van der Waals surface area contributed by atoms with E-state index in [-0.39, 0.29) is 11.4 Å². The molecule has 12 heteroatoms. The van der Waals surface area contributed by atoms with Crippen LogP contribution >= 0.6 is 34.8 Å². The maximum absolute atomic E-state index is 12.6. The van der Waals surface area contributed by atoms with Gasteiger partial charge in [0.2, 0.25) is 7.98 Å². The Labute approximate surface area is 178 Å². The topological polar surface area (TPSA) is 103 Å². The van der Waals surface area contributed by atoms with Crippen molar-refractivity contribution in [1.29, 1.82) is 5.53 Å². The number of hydrogen-bond acceptors (Lipinski definition) is 6. The molecule has 0 aliphatic heterocycles. The fourth-order valence-corrected chi connectivity index (χ4v) is 3.81. The van der Waals surface area contributed by atoms with Crippen LogP contribution in [0.3, 0.4) is 0 Å². The summed E-state index contributed by atoms with van der Waals surface area (Å²) in [6.07, 6.45) is 1.15. The highest BCUT2D eigenvalue weighted by atomic mass is 35.5. The number of hydrogen-bond donors (Lipinski definition) is 2. The zero-order chi connectivity index (χ0) is 20.9. The van der Waals surface area contributed by atoms with E-state index in [4.69, 9.17) is 40.3 Å². The fraction of sp³-hybridized carbons (Fsp3) is 0.0625. The molecule has 28 heavy (non-hydrogen) atoms. The highest BCUT2D eigenvalue weighted by Gasteiger charge is 2.27. The Bertz CT molecular complexity index is 1030. The molecule has 2 aromatic rings. The van der Waals surface area contributed by atoms with Crippen molar-refractivity contribution in [3.05, 3.63) is 75.0 Å². The molecule has 0 unspecified atom stereocenters. The van der Waals surface area contributed by atoms with Gasteiger partial charge in [-0.05, 0) is 42.0 Å². The van der Waals surface area contributed by atoms with Crippen LogP contribution in [0.2, 0.25) is 15.1 Å². The van der Waals surface area contributed by atoms with Crippen molar-refractivity contribution in [2.24, 2.45) is 5.11 Å². The number of nitrogens with one attached hydrogen (secondary N) is 2. The minimum Gasteiger partial charge on any atom is -0.385 e. The summed E-state index contributed by atoms with van der Waals surface area (Å²) >= 11 is 17.6. The van der Waals surface area contributed by atoms with Gasteiger partial charge in [-0.15, -0.1) is 0 Å². The number of amides is 1. The van der Waals surface area contributed by atoms with Gasteiger partial charge < -0.3 is 5.32 Å². The summed E-state index contributed by atoms with van der Waals surface area (Å²) < 4.78 is 25.6. The van der Waals surface area contributed by atoms with Crippen LogP contribution in [0.4, 0.5) is 0 Å². The Hall–Kier alpha value is -2.07. The molecular weight excluding hydrogens is 445 g/mol. The van der Waals surface area contributed by atoms with E-state index < -0.39 is 21.6 Å². The largest absolute Gasteiger partial charge is 0.385 e. The zero-order valence-corrected chi connectivity index (χ0v) is 17.6. The van der Waals surface area contributed by atoms with E-state index in [0.717, 1.165) is 14.2 Å². The van der Waals surface area contributed by atoms with Crippen molar-refractivity contribution in [2.45, 2.75) is 11.4 Å². The van der Waals surface area contributed by atoms with Gasteiger partial charge in [-0.2, -0.15) is 5.11 Å². The van der Waals surface area contributed by atoms with Crippen LogP contribution < -0.4 is 5.32 Å². The second-order valence-electron chi connectivity index (χ2n) is 5.49. The van der Waals surface area contributed by atoms with E-state index in [9.17, 15) is 13.2 Å². The first-order valence-corrected chi connectivity index (χ1v) is 10.3. The lowest BCUT2D eigenvalue weighted by Crippen LogP contribution is -2.35. The average Bonchev–Trinajstić information content (AvgIpc) is 2.66. The van der Waals surface area contributed by atoms with E-state index in [1.807, 2.05) is 0 Å². The van der Waals surface area contributed by atoms with Crippen LogP contribution in [0, 0.1) is 5.53 Å². The molecule has 0 heterocycles. The fourth-order valence-electron chi connectivity index (χ4n) is 2.10. The number of rotatable bonds is 7. The van der Waals surface area contributed by atoms with Crippen molar-refractivity contribution < 1.29 is 13.2 Å². The van der Waals surface area contributed by atoms with Crippen molar-refractivity contribution in [3.63, 3.8) is 0 Å². The summed E-state index contributed by atoms with van der Waals surface area (Å²) in [6, 6.07) is 10.3. The Balaban J connectivity index is 2.15. The zero-order valence-electron chi connectivity index (χ0n) is 14.5. The summed E-state index contributed by atoms with van der Waals surface area (Å²) in [5.74, 6) is -0.973. The van der Waals surface area contributed by atoms with E-state index in [0.29, 0.717) is 24.8 Å². The van der Waals surface area contributed by atoms with E-state index in [1.165, 1.54) is 24.3 Å². The lowest BCUT2D eigenvalue weighted by Gasteiger charge is -2.18. The smallest absolute Gasteiger partial charge is 0.276 e. The molecule has 0 fully saturated rings. The number of halogens is 3. The summed E-state index contributed by atoms with van der Waals surface area (Å²) in [6.45, 7) is 0.218. The van der Waals surface area contributed by atoms with Crippen LogP contribution in [-0.2, 0) is 21.4 Å². The molecule has 0 radical (unpaired) electrons. The Morgan fingerprint density at radius 1 is 1.14 bits per heavy atom. The summed E-state index contributed by atoms with van der Waals surface area (Å²) in [5, 5.41) is 7.17. The molecule has 0 saturated carbocycles. The third-order valence-corrected chi connectivity index (χ3v) is 6.24. The number of nitrogens with zero attached hydrogens (tertiary/aromatic N) is 2. The first-order chi connectivity index (χ1) is 13.2. The van der Waals surface area contributed by atoms with Gasteiger partial charge in [0.05, 0.1) is 4.90 Å². The van der Waals surface area contributed by atoms with Gasteiger partial charge in [0.1, 0.15) is 0 Å². The molecule has 1 amide bonds. The third-order valence-electron chi connectivity index (χ3n) is 3.64. The molecule has 2 N–H and O–H groups in total. The maximum Gasteiger partial charge on any atom is 0.276 e. The monoisotopic (exact) mass is 458 g/mol. The first kappa shape index (κ1) is 22.2. The molecule has 0 saturated heterocycles. The second-order valence-corrected chi connectivity index (χ2v) is 8.74. The molecule has 0 bridgehead atoms. The second kappa shape index (κ2) is 9.42. The van der Waals surface area contributed by atoms with Crippen molar-refractivity contribution >= 4 is 58.7 Å².